The highest BCUT2D eigenvalue weighted by Crippen LogP contribution is 2.32. The van der Waals surface area contributed by atoms with Gasteiger partial charge in [-0.1, -0.05) is 6.07 Å². The molecule has 8 heteroatoms. The Hall–Kier alpha value is -3.03. The lowest BCUT2D eigenvalue weighted by Gasteiger charge is -2.35. The summed E-state index contributed by atoms with van der Waals surface area (Å²) in [5.41, 5.74) is 0.943. The SMILES string of the molecule is Cc1nc(N(C)C)cc(N2CCN(C(=O)Cc3ccc4c(c3)OCO4)CC2)n1. The van der Waals surface area contributed by atoms with Crippen molar-refractivity contribution in [2.75, 3.05) is 56.9 Å². The van der Waals surface area contributed by atoms with Crippen LogP contribution < -0.4 is 19.3 Å². The van der Waals surface area contributed by atoms with Crippen LogP contribution in [0.4, 0.5) is 11.6 Å². The third-order valence-corrected chi connectivity index (χ3v) is 5.02. The monoisotopic (exact) mass is 383 g/mol. The van der Waals surface area contributed by atoms with Gasteiger partial charge in [0.05, 0.1) is 6.42 Å². The van der Waals surface area contributed by atoms with Gasteiger partial charge in [0.25, 0.3) is 0 Å². The van der Waals surface area contributed by atoms with Crippen molar-refractivity contribution in [2.45, 2.75) is 13.3 Å². The van der Waals surface area contributed by atoms with Gasteiger partial charge in [0.1, 0.15) is 17.5 Å². The minimum atomic E-state index is 0.131. The molecule has 0 radical (unpaired) electrons. The Bertz CT molecular complexity index is 878. The second kappa shape index (κ2) is 7.53. The van der Waals surface area contributed by atoms with E-state index in [-0.39, 0.29) is 12.7 Å². The van der Waals surface area contributed by atoms with Gasteiger partial charge < -0.3 is 24.2 Å². The number of aryl methyl sites for hydroxylation is 1. The van der Waals surface area contributed by atoms with Crippen molar-refractivity contribution in [2.24, 2.45) is 0 Å². The first-order chi connectivity index (χ1) is 13.5. The number of fused-ring (bicyclic) bond motifs is 1. The van der Waals surface area contributed by atoms with E-state index in [0.717, 1.165) is 41.9 Å². The van der Waals surface area contributed by atoms with Crippen LogP contribution in [-0.4, -0.2) is 67.8 Å². The first kappa shape index (κ1) is 18.3. The van der Waals surface area contributed by atoms with Gasteiger partial charge in [-0.15, -0.1) is 0 Å². The number of hydrogen-bond donors (Lipinski definition) is 0. The molecule has 2 aliphatic heterocycles. The van der Waals surface area contributed by atoms with Crippen LogP contribution in [0, 0.1) is 6.92 Å². The number of piperazine rings is 1. The summed E-state index contributed by atoms with van der Waals surface area (Å²) in [6.45, 7) is 5.04. The van der Waals surface area contributed by atoms with Crippen molar-refractivity contribution < 1.29 is 14.3 Å². The van der Waals surface area contributed by atoms with E-state index < -0.39 is 0 Å². The molecule has 3 heterocycles. The van der Waals surface area contributed by atoms with Crippen LogP contribution in [0.5, 0.6) is 11.5 Å². The topological polar surface area (TPSA) is 71.0 Å². The molecule has 2 aromatic rings. The molecule has 0 unspecified atom stereocenters. The molecule has 1 aromatic heterocycles. The van der Waals surface area contributed by atoms with Crippen molar-refractivity contribution in [1.82, 2.24) is 14.9 Å². The van der Waals surface area contributed by atoms with Gasteiger partial charge >= 0.3 is 0 Å². The predicted molar refractivity (Wildman–Crippen MR) is 106 cm³/mol. The highest BCUT2D eigenvalue weighted by molar-refractivity contribution is 5.79. The normalized spacial score (nSPS) is 15.7. The zero-order valence-electron chi connectivity index (χ0n) is 16.5. The highest BCUT2D eigenvalue weighted by Gasteiger charge is 2.23. The number of carbonyl (C=O) groups is 1. The fraction of sp³-hybridized carbons (Fsp3) is 0.450. The number of aromatic nitrogens is 2. The second-order valence-corrected chi connectivity index (χ2v) is 7.26. The molecule has 0 bridgehead atoms. The van der Waals surface area contributed by atoms with Gasteiger partial charge in [0.2, 0.25) is 12.7 Å². The molecule has 0 N–H and O–H groups in total. The van der Waals surface area contributed by atoms with Crippen LogP contribution in [0.25, 0.3) is 0 Å². The number of amides is 1. The molecular formula is C20H25N5O3. The van der Waals surface area contributed by atoms with Crippen molar-refractivity contribution in [1.29, 1.82) is 0 Å². The Morgan fingerprint density at radius 2 is 1.82 bits per heavy atom. The van der Waals surface area contributed by atoms with Crippen LogP contribution in [0.3, 0.4) is 0 Å². The summed E-state index contributed by atoms with van der Waals surface area (Å²) in [4.78, 5) is 27.8. The molecular weight excluding hydrogens is 358 g/mol. The van der Waals surface area contributed by atoms with Gasteiger partial charge in [-0.05, 0) is 24.6 Å². The Morgan fingerprint density at radius 1 is 1.07 bits per heavy atom. The van der Waals surface area contributed by atoms with Crippen LogP contribution in [0.2, 0.25) is 0 Å². The first-order valence-electron chi connectivity index (χ1n) is 9.44. The summed E-state index contributed by atoms with van der Waals surface area (Å²) in [5, 5.41) is 0. The standard InChI is InChI=1S/C20H25N5O3/c1-14-21-18(23(2)3)12-19(22-14)24-6-8-25(9-7-24)20(26)11-15-4-5-16-17(10-15)28-13-27-16/h4-5,10,12H,6-9,11,13H2,1-3H3. The lowest BCUT2D eigenvalue weighted by molar-refractivity contribution is -0.130. The van der Waals surface area contributed by atoms with E-state index in [9.17, 15) is 4.79 Å². The predicted octanol–water partition coefficient (Wildman–Crippen LogP) is 1.47. The minimum Gasteiger partial charge on any atom is -0.454 e. The summed E-state index contributed by atoms with van der Waals surface area (Å²) in [6, 6.07) is 7.68. The molecule has 0 aliphatic carbocycles. The second-order valence-electron chi connectivity index (χ2n) is 7.26. The van der Waals surface area contributed by atoms with Crippen molar-refractivity contribution in [3.05, 3.63) is 35.7 Å². The van der Waals surface area contributed by atoms with E-state index in [1.54, 1.807) is 0 Å². The van der Waals surface area contributed by atoms with E-state index in [2.05, 4.69) is 14.9 Å². The van der Waals surface area contributed by atoms with Gasteiger partial charge in [-0.3, -0.25) is 4.79 Å². The molecule has 0 saturated carbocycles. The number of rotatable bonds is 4. The average molecular weight is 383 g/mol. The van der Waals surface area contributed by atoms with E-state index in [0.29, 0.717) is 25.3 Å². The fourth-order valence-electron chi connectivity index (χ4n) is 3.45. The van der Waals surface area contributed by atoms with Gasteiger partial charge in [-0.2, -0.15) is 0 Å². The molecule has 28 heavy (non-hydrogen) atoms. The number of carbonyl (C=O) groups excluding carboxylic acids is 1. The van der Waals surface area contributed by atoms with Gasteiger partial charge in [0, 0.05) is 46.3 Å². The lowest BCUT2D eigenvalue weighted by atomic mass is 10.1. The Morgan fingerprint density at radius 3 is 2.57 bits per heavy atom. The third-order valence-electron chi connectivity index (χ3n) is 5.02. The molecule has 0 spiro atoms. The number of hydrogen-bond acceptors (Lipinski definition) is 7. The summed E-state index contributed by atoms with van der Waals surface area (Å²) >= 11 is 0. The maximum Gasteiger partial charge on any atom is 0.231 e. The molecule has 1 amide bonds. The number of nitrogens with zero attached hydrogens (tertiary/aromatic N) is 5. The van der Waals surface area contributed by atoms with Gasteiger partial charge in [-0.25, -0.2) is 9.97 Å². The molecule has 1 aromatic carbocycles. The van der Waals surface area contributed by atoms with Crippen LogP contribution in [0.1, 0.15) is 11.4 Å². The molecule has 1 fully saturated rings. The van der Waals surface area contributed by atoms with E-state index in [1.807, 2.05) is 55.1 Å². The highest BCUT2D eigenvalue weighted by atomic mass is 16.7. The quantitative estimate of drug-likeness (QED) is 0.792. The number of anilines is 2. The first-order valence-corrected chi connectivity index (χ1v) is 9.44. The summed E-state index contributed by atoms with van der Waals surface area (Å²) in [5.74, 6) is 4.14. The van der Waals surface area contributed by atoms with Gasteiger partial charge in [0.15, 0.2) is 11.5 Å². The molecule has 1 saturated heterocycles. The molecule has 2 aliphatic rings. The zero-order chi connectivity index (χ0) is 19.7. The van der Waals surface area contributed by atoms with Crippen LogP contribution >= 0.6 is 0 Å². The Balaban J connectivity index is 1.37. The van der Waals surface area contributed by atoms with E-state index in [1.165, 1.54) is 0 Å². The van der Waals surface area contributed by atoms with E-state index >= 15 is 0 Å². The number of benzene rings is 1. The van der Waals surface area contributed by atoms with Crippen molar-refractivity contribution >= 4 is 17.5 Å². The van der Waals surface area contributed by atoms with E-state index in [4.69, 9.17) is 9.47 Å². The maximum absolute atomic E-state index is 12.7. The third kappa shape index (κ3) is 3.81. The molecule has 148 valence electrons. The van der Waals surface area contributed by atoms with Crippen molar-refractivity contribution in [3.8, 4) is 11.5 Å². The fourth-order valence-corrected chi connectivity index (χ4v) is 3.45. The smallest absolute Gasteiger partial charge is 0.231 e. The Kier molecular flexibility index (Phi) is 4.93. The summed E-state index contributed by atoms with van der Waals surface area (Å²) in [7, 11) is 3.94. The molecule has 8 nitrogen and oxygen atoms in total. The van der Waals surface area contributed by atoms with Crippen molar-refractivity contribution in [3.63, 3.8) is 0 Å². The summed E-state index contributed by atoms with van der Waals surface area (Å²) in [6.07, 6.45) is 0.369. The molecule has 0 atom stereocenters. The molecule has 4 rings (SSSR count). The lowest BCUT2D eigenvalue weighted by Crippen LogP contribution is -2.49. The largest absolute Gasteiger partial charge is 0.454 e. The number of ether oxygens (including phenoxy) is 2. The Labute approximate surface area is 164 Å². The average Bonchev–Trinajstić information content (AvgIpc) is 3.15. The van der Waals surface area contributed by atoms with Crippen LogP contribution in [0.15, 0.2) is 24.3 Å². The summed E-state index contributed by atoms with van der Waals surface area (Å²) < 4.78 is 10.7. The van der Waals surface area contributed by atoms with Crippen LogP contribution in [-0.2, 0) is 11.2 Å². The zero-order valence-corrected chi connectivity index (χ0v) is 16.5. The minimum absolute atomic E-state index is 0.131. The maximum atomic E-state index is 12.7.